The second-order valence-electron chi connectivity index (χ2n) is 5.34. The molecule has 2 aliphatic rings. The Morgan fingerprint density at radius 1 is 1.33 bits per heavy atom. The fourth-order valence-electron chi connectivity index (χ4n) is 2.87. The van der Waals surface area contributed by atoms with Gasteiger partial charge in [-0.15, -0.1) is 0 Å². The maximum atomic E-state index is 4.33. The fraction of sp³-hybridized carbons (Fsp3) is 0.769. The minimum Gasteiger partial charge on any atom is -0.314 e. The fourth-order valence-corrected chi connectivity index (χ4v) is 2.87. The number of aryl methyl sites for hydroxylation is 1. The van der Waals surface area contributed by atoms with Gasteiger partial charge in [0.05, 0.1) is 6.20 Å². The van der Waals surface area contributed by atoms with Gasteiger partial charge in [0.1, 0.15) is 0 Å². The molecule has 3 heterocycles. The first-order chi connectivity index (χ1) is 8.85. The van der Waals surface area contributed by atoms with Crippen LogP contribution in [-0.4, -0.2) is 64.9 Å². The van der Waals surface area contributed by atoms with Crippen LogP contribution < -0.4 is 5.32 Å². The van der Waals surface area contributed by atoms with Crippen molar-refractivity contribution in [2.45, 2.75) is 26.1 Å². The van der Waals surface area contributed by atoms with Crippen molar-refractivity contribution in [3.8, 4) is 0 Å². The predicted molar refractivity (Wildman–Crippen MR) is 71.4 cm³/mol. The predicted octanol–water partition coefficient (Wildman–Crippen LogP) is -0.00760. The number of likely N-dealkylation sites (tertiary alicyclic amines) is 1. The van der Waals surface area contributed by atoms with E-state index in [1.165, 1.54) is 31.7 Å². The highest BCUT2D eigenvalue weighted by Crippen LogP contribution is 2.18. The van der Waals surface area contributed by atoms with Crippen LogP contribution in [0.5, 0.6) is 0 Å². The summed E-state index contributed by atoms with van der Waals surface area (Å²) in [5.74, 6) is 0. The third-order valence-electron chi connectivity index (χ3n) is 4.02. The van der Waals surface area contributed by atoms with Crippen LogP contribution in [0.4, 0.5) is 0 Å². The Balaban J connectivity index is 1.44. The zero-order valence-electron chi connectivity index (χ0n) is 11.2. The van der Waals surface area contributed by atoms with Crippen LogP contribution in [0.1, 0.15) is 12.5 Å². The molecule has 1 aromatic heterocycles. The maximum absolute atomic E-state index is 4.33. The zero-order valence-corrected chi connectivity index (χ0v) is 11.2. The molecule has 0 amide bonds. The summed E-state index contributed by atoms with van der Waals surface area (Å²) in [5, 5.41) is 7.74. The summed E-state index contributed by atoms with van der Waals surface area (Å²) in [6, 6.07) is 0.785. The highest BCUT2D eigenvalue weighted by atomic mass is 15.3. The van der Waals surface area contributed by atoms with E-state index < -0.39 is 0 Å². The summed E-state index contributed by atoms with van der Waals surface area (Å²) in [6.45, 7) is 11.3. The minimum atomic E-state index is 0.785. The van der Waals surface area contributed by atoms with Gasteiger partial charge in [-0.3, -0.25) is 14.5 Å². The first-order valence-corrected chi connectivity index (χ1v) is 7.03. The van der Waals surface area contributed by atoms with E-state index in [0.717, 1.165) is 32.2 Å². The van der Waals surface area contributed by atoms with Crippen molar-refractivity contribution in [3.05, 3.63) is 18.0 Å². The van der Waals surface area contributed by atoms with Crippen LogP contribution in [0.3, 0.4) is 0 Å². The number of rotatable bonds is 4. The molecule has 2 aliphatic heterocycles. The van der Waals surface area contributed by atoms with Gasteiger partial charge in [0, 0.05) is 70.2 Å². The summed E-state index contributed by atoms with van der Waals surface area (Å²) < 4.78 is 2.00. The van der Waals surface area contributed by atoms with E-state index in [4.69, 9.17) is 0 Å². The van der Waals surface area contributed by atoms with E-state index in [1.54, 1.807) is 0 Å². The van der Waals surface area contributed by atoms with Crippen molar-refractivity contribution >= 4 is 0 Å². The Morgan fingerprint density at radius 3 is 2.78 bits per heavy atom. The van der Waals surface area contributed by atoms with Gasteiger partial charge in [0.25, 0.3) is 0 Å². The number of nitrogens with one attached hydrogen (secondary N) is 1. The molecule has 1 N–H and O–H groups in total. The lowest BCUT2D eigenvalue weighted by molar-refractivity contribution is 0.0223. The van der Waals surface area contributed by atoms with Gasteiger partial charge in [-0.05, 0) is 6.92 Å². The van der Waals surface area contributed by atoms with Crippen molar-refractivity contribution < 1.29 is 0 Å². The first kappa shape index (κ1) is 12.1. The second kappa shape index (κ2) is 5.38. The molecular weight excluding hydrogens is 226 g/mol. The van der Waals surface area contributed by atoms with Crippen molar-refractivity contribution in [2.24, 2.45) is 0 Å². The quantitative estimate of drug-likeness (QED) is 0.814. The molecular formula is C13H23N5. The van der Waals surface area contributed by atoms with Crippen LogP contribution in [0.15, 0.2) is 12.4 Å². The van der Waals surface area contributed by atoms with Crippen LogP contribution in [0.25, 0.3) is 0 Å². The lowest BCUT2D eigenvalue weighted by Gasteiger charge is -2.46. The van der Waals surface area contributed by atoms with Gasteiger partial charge in [-0.25, -0.2) is 0 Å². The average Bonchev–Trinajstić information content (AvgIpc) is 2.82. The SMILES string of the molecule is CCn1cc(CN2CC(N3CCNCC3)C2)cn1. The van der Waals surface area contributed by atoms with Crippen LogP contribution >= 0.6 is 0 Å². The van der Waals surface area contributed by atoms with E-state index in [2.05, 4.69) is 33.3 Å². The van der Waals surface area contributed by atoms with E-state index in [1.807, 2.05) is 10.9 Å². The zero-order chi connectivity index (χ0) is 12.4. The summed E-state index contributed by atoms with van der Waals surface area (Å²) >= 11 is 0. The lowest BCUT2D eigenvalue weighted by Crippen LogP contribution is -2.62. The number of nitrogens with zero attached hydrogens (tertiary/aromatic N) is 4. The average molecular weight is 249 g/mol. The highest BCUT2D eigenvalue weighted by molar-refractivity contribution is 5.05. The van der Waals surface area contributed by atoms with E-state index in [0.29, 0.717) is 0 Å². The molecule has 18 heavy (non-hydrogen) atoms. The monoisotopic (exact) mass is 249 g/mol. The topological polar surface area (TPSA) is 36.3 Å². The van der Waals surface area contributed by atoms with Crippen LogP contribution in [0, 0.1) is 0 Å². The summed E-state index contributed by atoms with van der Waals surface area (Å²) in [6.07, 6.45) is 4.17. The number of piperazine rings is 1. The van der Waals surface area contributed by atoms with Crippen molar-refractivity contribution in [1.29, 1.82) is 0 Å². The Hall–Kier alpha value is -0.910. The second-order valence-corrected chi connectivity index (χ2v) is 5.34. The van der Waals surface area contributed by atoms with Crippen LogP contribution in [-0.2, 0) is 13.1 Å². The largest absolute Gasteiger partial charge is 0.314 e. The van der Waals surface area contributed by atoms with Crippen molar-refractivity contribution in [3.63, 3.8) is 0 Å². The summed E-state index contributed by atoms with van der Waals surface area (Å²) in [7, 11) is 0. The smallest absolute Gasteiger partial charge is 0.0534 e. The molecule has 2 fully saturated rings. The third kappa shape index (κ3) is 2.58. The van der Waals surface area contributed by atoms with Gasteiger partial charge >= 0.3 is 0 Å². The Morgan fingerprint density at radius 2 is 2.11 bits per heavy atom. The normalized spacial score (nSPS) is 23.2. The molecule has 0 radical (unpaired) electrons. The lowest BCUT2D eigenvalue weighted by atomic mass is 10.1. The van der Waals surface area contributed by atoms with Gasteiger partial charge < -0.3 is 5.32 Å². The molecule has 0 unspecified atom stereocenters. The molecule has 2 saturated heterocycles. The van der Waals surface area contributed by atoms with Gasteiger partial charge in [0.2, 0.25) is 0 Å². The molecule has 0 aliphatic carbocycles. The van der Waals surface area contributed by atoms with Gasteiger partial charge in [0.15, 0.2) is 0 Å². The van der Waals surface area contributed by atoms with E-state index in [-0.39, 0.29) is 0 Å². The molecule has 0 bridgehead atoms. The Labute approximate surface area is 109 Å². The molecule has 0 saturated carbocycles. The third-order valence-corrected chi connectivity index (χ3v) is 4.02. The Bertz CT molecular complexity index is 376. The number of hydrogen-bond donors (Lipinski definition) is 1. The van der Waals surface area contributed by atoms with Crippen molar-refractivity contribution in [1.82, 2.24) is 24.9 Å². The molecule has 0 atom stereocenters. The molecule has 0 aromatic carbocycles. The van der Waals surface area contributed by atoms with Gasteiger partial charge in [-0.1, -0.05) is 0 Å². The van der Waals surface area contributed by atoms with E-state index >= 15 is 0 Å². The number of hydrogen-bond acceptors (Lipinski definition) is 4. The molecule has 5 nitrogen and oxygen atoms in total. The van der Waals surface area contributed by atoms with Gasteiger partial charge in [-0.2, -0.15) is 5.10 Å². The first-order valence-electron chi connectivity index (χ1n) is 7.03. The van der Waals surface area contributed by atoms with E-state index in [9.17, 15) is 0 Å². The molecule has 3 rings (SSSR count). The van der Waals surface area contributed by atoms with Crippen LogP contribution in [0.2, 0.25) is 0 Å². The molecule has 100 valence electrons. The molecule has 1 aromatic rings. The standard InChI is InChI=1S/C13H23N5/c1-2-18-9-12(7-15-18)8-16-10-13(11-16)17-5-3-14-4-6-17/h7,9,13-14H,2-6,8,10-11H2,1H3. The summed E-state index contributed by atoms with van der Waals surface area (Å²) in [5.41, 5.74) is 1.34. The summed E-state index contributed by atoms with van der Waals surface area (Å²) in [4.78, 5) is 5.15. The van der Waals surface area contributed by atoms with Crippen molar-refractivity contribution in [2.75, 3.05) is 39.3 Å². The molecule has 0 spiro atoms. The highest BCUT2D eigenvalue weighted by Gasteiger charge is 2.32. The maximum Gasteiger partial charge on any atom is 0.0534 e. The molecule has 5 heteroatoms. The minimum absolute atomic E-state index is 0.785. The Kier molecular flexibility index (Phi) is 3.63. The number of aromatic nitrogens is 2.